The van der Waals surface area contributed by atoms with Gasteiger partial charge < -0.3 is 4.74 Å². The van der Waals surface area contributed by atoms with Gasteiger partial charge in [0, 0.05) is 0 Å². The third-order valence-electron chi connectivity index (χ3n) is 3.54. The predicted molar refractivity (Wildman–Crippen MR) is 93.5 cm³/mol. The van der Waals surface area contributed by atoms with E-state index >= 15 is 0 Å². The summed E-state index contributed by atoms with van der Waals surface area (Å²) in [6.07, 6.45) is 0.533. The van der Waals surface area contributed by atoms with Gasteiger partial charge in [0.25, 0.3) is 11.8 Å². The molecule has 1 unspecified atom stereocenters. The molecule has 2 N–H and O–H groups in total. The molecule has 0 saturated carbocycles. The van der Waals surface area contributed by atoms with Crippen LogP contribution in [0.15, 0.2) is 60.8 Å². The molecule has 27 heavy (non-hydrogen) atoms. The number of hydrogen-bond donors (Lipinski definition) is 2. The maximum atomic E-state index is 12.9. The van der Waals surface area contributed by atoms with Gasteiger partial charge in [0.2, 0.25) is 0 Å². The third kappa shape index (κ3) is 4.66. The Morgan fingerprint density at radius 1 is 1.07 bits per heavy atom. The summed E-state index contributed by atoms with van der Waals surface area (Å²) in [5, 5.41) is 7.64. The lowest BCUT2D eigenvalue weighted by atomic mass is 10.3. The molecule has 0 fully saturated rings. The van der Waals surface area contributed by atoms with Crippen molar-refractivity contribution >= 4 is 11.8 Å². The average molecular weight is 369 g/mol. The molecule has 3 aromatic rings. The summed E-state index contributed by atoms with van der Waals surface area (Å²) >= 11 is 0. The van der Waals surface area contributed by atoms with E-state index in [1.165, 1.54) is 42.1 Å². The molecule has 0 bridgehead atoms. The monoisotopic (exact) mass is 369 g/mol. The van der Waals surface area contributed by atoms with E-state index in [2.05, 4.69) is 21.2 Å². The smallest absolute Gasteiger partial charge is 0.291 e. The number of aromatic nitrogens is 3. The number of benzene rings is 2. The fourth-order valence-corrected chi connectivity index (χ4v) is 2.13. The number of carbonyl (C=O) groups excluding carboxylic acids is 2. The topological polar surface area (TPSA) is 98.1 Å². The lowest BCUT2D eigenvalue weighted by molar-refractivity contribution is -0.128. The summed E-state index contributed by atoms with van der Waals surface area (Å²) in [6.45, 7) is 1.50. The van der Waals surface area contributed by atoms with Crippen molar-refractivity contribution in [1.29, 1.82) is 0 Å². The number of ether oxygens (including phenoxy) is 1. The second-order valence-electron chi connectivity index (χ2n) is 5.54. The number of amides is 2. The molecule has 0 aliphatic heterocycles. The van der Waals surface area contributed by atoms with Crippen LogP contribution in [0.25, 0.3) is 5.69 Å². The zero-order chi connectivity index (χ0) is 19.2. The van der Waals surface area contributed by atoms with E-state index in [1.807, 2.05) is 30.3 Å². The van der Waals surface area contributed by atoms with Crippen LogP contribution in [0.2, 0.25) is 0 Å². The quantitative estimate of drug-likeness (QED) is 0.666. The number of hydrazine groups is 1. The van der Waals surface area contributed by atoms with Crippen LogP contribution in [-0.4, -0.2) is 32.9 Å². The Labute approximate surface area is 153 Å². The van der Waals surface area contributed by atoms with Crippen LogP contribution in [0.5, 0.6) is 5.75 Å². The van der Waals surface area contributed by atoms with Crippen LogP contribution in [0.3, 0.4) is 0 Å². The van der Waals surface area contributed by atoms with E-state index in [0.29, 0.717) is 5.75 Å². The fraction of sp³-hybridized carbons (Fsp3) is 0.111. The van der Waals surface area contributed by atoms with Gasteiger partial charge in [-0.05, 0) is 43.3 Å². The molecule has 3 rings (SSSR count). The molecule has 8 nitrogen and oxygen atoms in total. The Kier molecular flexibility index (Phi) is 5.41. The molecule has 9 heteroatoms. The maximum absolute atomic E-state index is 12.9. The van der Waals surface area contributed by atoms with Gasteiger partial charge >= 0.3 is 0 Å². The van der Waals surface area contributed by atoms with E-state index in [4.69, 9.17) is 4.74 Å². The number of para-hydroxylation sites is 1. The first kappa shape index (κ1) is 18.1. The van der Waals surface area contributed by atoms with Gasteiger partial charge in [0.05, 0.1) is 11.9 Å². The molecular weight excluding hydrogens is 353 g/mol. The van der Waals surface area contributed by atoms with Gasteiger partial charge in [0.15, 0.2) is 11.8 Å². The average Bonchev–Trinajstić information content (AvgIpc) is 3.18. The van der Waals surface area contributed by atoms with Gasteiger partial charge in [0.1, 0.15) is 11.6 Å². The first-order chi connectivity index (χ1) is 13.0. The first-order valence-corrected chi connectivity index (χ1v) is 8.03. The predicted octanol–water partition coefficient (Wildman–Crippen LogP) is 1.63. The van der Waals surface area contributed by atoms with Crippen LogP contribution >= 0.6 is 0 Å². The Hall–Kier alpha value is -3.75. The van der Waals surface area contributed by atoms with Gasteiger partial charge in [-0.2, -0.15) is 0 Å². The zero-order valence-corrected chi connectivity index (χ0v) is 14.3. The number of nitrogens with one attached hydrogen (secondary N) is 2. The van der Waals surface area contributed by atoms with Crippen LogP contribution in [0.1, 0.15) is 17.4 Å². The van der Waals surface area contributed by atoms with Crippen LogP contribution in [-0.2, 0) is 4.79 Å². The molecule has 0 saturated heterocycles. The molecule has 0 radical (unpaired) electrons. The van der Waals surface area contributed by atoms with Crippen molar-refractivity contribution < 1.29 is 18.7 Å². The molecule has 2 amide bonds. The van der Waals surface area contributed by atoms with E-state index in [9.17, 15) is 14.0 Å². The molecule has 1 aromatic heterocycles. The van der Waals surface area contributed by atoms with Crippen LogP contribution < -0.4 is 15.6 Å². The Bertz CT molecular complexity index is 928. The number of hydrogen-bond acceptors (Lipinski definition) is 5. The van der Waals surface area contributed by atoms with Gasteiger partial charge in [-0.3, -0.25) is 20.4 Å². The highest BCUT2D eigenvalue weighted by molar-refractivity contribution is 5.93. The molecule has 138 valence electrons. The van der Waals surface area contributed by atoms with Crippen molar-refractivity contribution in [2.24, 2.45) is 0 Å². The standard InChI is InChI=1S/C18H16FN5O3/c1-12(27-15-9-7-13(19)8-10-15)17(25)21-22-18(26)16-11-24(23-20-16)14-5-3-2-4-6-14/h2-12H,1H3,(H,21,25)(H,22,26). The molecule has 1 atom stereocenters. The highest BCUT2D eigenvalue weighted by Gasteiger charge is 2.17. The van der Waals surface area contributed by atoms with Crippen molar-refractivity contribution in [3.63, 3.8) is 0 Å². The number of rotatable bonds is 5. The SMILES string of the molecule is CC(Oc1ccc(F)cc1)C(=O)NNC(=O)c1cn(-c2ccccc2)nn1. The Morgan fingerprint density at radius 3 is 2.48 bits per heavy atom. The summed E-state index contributed by atoms with van der Waals surface area (Å²) in [5.74, 6) is -1.28. The number of nitrogens with zero attached hydrogens (tertiary/aromatic N) is 3. The minimum atomic E-state index is -0.907. The van der Waals surface area contributed by atoms with Crippen LogP contribution in [0.4, 0.5) is 4.39 Å². The first-order valence-electron chi connectivity index (χ1n) is 8.03. The van der Waals surface area contributed by atoms with Crippen LogP contribution in [0, 0.1) is 5.82 Å². The van der Waals surface area contributed by atoms with Crippen molar-refractivity contribution in [1.82, 2.24) is 25.8 Å². The summed E-state index contributed by atoms with van der Waals surface area (Å²) < 4.78 is 19.7. The highest BCUT2D eigenvalue weighted by atomic mass is 19.1. The summed E-state index contributed by atoms with van der Waals surface area (Å²) in [4.78, 5) is 24.1. The molecule has 0 spiro atoms. The lowest BCUT2D eigenvalue weighted by Gasteiger charge is -2.14. The zero-order valence-electron chi connectivity index (χ0n) is 14.3. The normalized spacial score (nSPS) is 11.5. The van der Waals surface area contributed by atoms with E-state index in [-0.39, 0.29) is 5.69 Å². The minimum absolute atomic E-state index is 0.0336. The van der Waals surface area contributed by atoms with Crippen molar-refractivity contribution in [2.45, 2.75) is 13.0 Å². The summed E-state index contributed by atoms with van der Waals surface area (Å²) in [6, 6.07) is 14.4. The van der Waals surface area contributed by atoms with Crippen molar-refractivity contribution in [2.75, 3.05) is 0 Å². The molecule has 0 aliphatic rings. The summed E-state index contributed by atoms with van der Waals surface area (Å²) in [5.41, 5.74) is 5.27. The van der Waals surface area contributed by atoms with Gasteiger partial charge in [-0.1, -0.05) is 23.4 Å². The number of halogens is 1. The molecular formula is C18H16FN5O3. The van der Waals surface area contributed by atoms with E-state index < -0.39 is 23.7 Å². The van der Waals surface area contributed by atoms with E-state index in [1.54, 1.807) is 0 Å². The Morgan fingerprint density at radius 2 is 1.78 bits per heavy atom. The van der Waals surface area contributed by atoms with Crippen molar-refractivity contribution in [3.05, 3.63) is 72.3 Å². The second-order valence-corrected chi connectivity index (χ2v) is 5.54. The van der Waals surface area contributed by atoms with E-state index in [0.717, 1.165) is 5.69 Å². The Balaban J connectivity index is 1.53. The summed E-state index contributed by atoms with van der Waals surface area (Å²) in [7, 11) is 0. The molecule has 2 aromatic carbocycles. The fourth-order valence-electron chi connectivity index (χ4n) is 2.13. The minimum Gasteiger partial charge on any atom is -0.481 e. The third-order valence-corrected chi connectivity index (χ3v) is 3.54. The molecule has 0 aliphatic carbocycles. The maximum Gasteiger partial charge on any atom is 0.291 e. The highest BCUT2D eigenvalue weighted by Crippen LogP contribution is 2.13. The second kappa shape index (κ2) is 8.09. The lowest BCUT2D eigenvalue weighted by Crippen LogP contribution is -2.47. The molecule has 1 heterocycles. The van der Waals surface area contributed by atoms with Gasteiger partial charge in [-0.25, -0.2) is 9.07 Å². The van der Waals surface area contributed by atoms with Gasteiger partial charge in [-0.15, -0.1) is 5.10 Å². The largest absolute Gasteiger partial charge is 0.481 e. The number of carbonyl (C=O) groups is 2. The van der Waals surface area contributed by atoms with Crippen molar-refractivity contribution in [3.8, 4) is 11.4 Å².